The van der Waals surface area contributed by atoms with Crippen LogP contribution in [0.3, 0.4) is 0 Å². The third-order valence-electron chi connectivity index (χ3n) is 4.32. The predicted octanol–water partition coefficient (Wildman–Crippen LogP) is 3.99. The number of carbonyl (C=O) groups is 1. The maximum Gasteiger partial charge on any atom is 0.257 e. The van der Waals surface area contributed by atoms with Crippen molar-refractivity contribution in [2.45, 2.75) is 6.54 Å². The number of methoxy groups -OCH3 is 2. The van der Waals surface area contributed by atoms with E-state index < -0.39 is 0 Å². The molecule has 28 heavy (non-hydrogen) atoms. The Morgan fingerprint density at radius 3 is 2.46 bits per heavy atom. The number of ether oxygens (including phenoxy) is 2. The minimum absolute atomic E-state index is 0.256. The number of nitrogens with zero attached hydrogens (tertiary/aromatic N) is 2. The van der Waals surface area contributed by atoms with Crippen molar-refractivity contribution in [3.8, 4) is 11.5 Å². The summed E-state index contributed by atoms with van der Waals surface area (Å²) in [7, 11) is 5.09. The summed E-state index contributed by atoms with van der Waals surface area (Å²) in [6.07, 6.45) is 1.57. The van der Waals surface area contributed by atoms with Crippen molar-refractivity contribution in [2.75, 3.05) is 31.5 Å². The lowest BCUT2D eigenvalue weighted by molar-refractivity contribution is 0.102. The van der Waals surface area contributed by atoms with Crippen LogP contribution in [0.4, 0.5) is 11.5 Å². The van der Waals surface area contributed by atoms with Crippen LogP contribution in [0.2, 0.25) is 0 Å². The summed E-state index contributed by atoms with van der Waals surface area (Å²) in [4.78, 5) is 19.0. The second-order valence-corrected chi connectivity index (χ2v) is 6.27. The first-order valence-corrected chi connectivity index (χ1v) is 8.85. The van der Waals surface area contributed by atoms with Crippen LogP contribution in [0, 0.1) is 0 Å². The van der Waals surface area contributed by atoms with Crippen molar-refractivity contribution < 1.29 is 14.3 Å². The minimum Gasteiger partial charge on any atom is -0.497 e. The standard InChI is InChI=1S/C22H23N3O3/c1-25(15-16-7-5-4-6-8-16)21-12-9-17(14-23-21)22(26)24-19-11-10-18(27-2)13-20(19)28-3/h4-14H,15H2,1-3H3,(H,24,26). The van der Waals surface area contributed by atoms with E-state index in [2.05, 4.69) is 22.4 Å². The molecule has 0 saturated heterocycles. The summed E-state index contributed by atoms with van der Waals surface area (Å²) in [5.41, 5.74) is 2.23. The fraction of sp³-hybridized carbons (Fsp3) is 0.182. The summed E-state index contributed by atoms with van der Waals surface area (Å²) in [5.74, 6) is 1.72. The highest BCUT2D eigenvalue weighted by atomic mass is 16.5. The molecular formula is C22H23N3O3. The molecule has 6 heteroatoms. The number of aromatic nitrogens is 1. The maximum absolute atomic E-state index is 12.6. The number of hydrogen-bond donors (Lipinski definition) is 1. The van der Waals surface area contributed by atoms with E-state index in [0.717, 1.165) is 12.4 Å². The topological polar surface area (TPSA) is 63.7 Å². The number of anilines is 2. The Labute approximate surface area is 164 Å². The Morgan fingerprint density at radius 1 is 1.04 bits per heavy atom. The van der Waals surface area contributed by atoms with Gasteiger partial charge in [-0.1, -0.05) is 30.3 Å². The molecule has 0 bridgehead atoms. The predicted molar refractivity (Wildman–Crippen MR) is 110 cm³/mol. The van der Waals surface area contributed by atoms with E-state index in [-0.39, 0.29) is 5.91 Å². The van der Waals surface area contributed by atoms with Crippen LogP contribution in [0.1, 0.15) is 15.9 Å². The lowest BCUT2D eigenvalue weighted by atomic mass is 10.2. The van der Waals surface area contributed by atoms with Gasteiger partial charge in [0.05, 0.1) is 25.5 Å². The average molecular weight is 377 g/mol. The zero-order valence-electron chi connectivity index (χ0n) is 16.2. The summed E-state index contributed by atoms with van der Waals surface area (Å²) in [6, 6.07) is 19.0. The highest BCUT2D eigenvalue weighted by molar-refractivity contribution is 6.05. The van der Waals surface area contributed by atoms with Gasteiger partial charge in [-0.2, -0.15) is 0 Å². The molecule has 3 rings (SSSR count). The summed E-state index contributed by atoms with van der Waals surface area (Å²) in [6.45, 7) is 0.739. The Morgan fingerprint density at radius 2 is 1.82 bits per heavy atom. The smallest absolute Gasteiger partial charge is 0.257 e. The molecule has 1 aromatic heterocycles. The number of amides is 1. The van der Waals surface area contributed by atoms with Crippen LogP contribution in [0.15, 0.2) is 66.9 Å². The van der Waals surface area contributed by atoms with Crippen molar-refractivity contribution in [1.82, 2.24) is 4.98 Å². The summed E-state index contributed by atoms with van der Waals surface area (Å²) >= 11 is 0. The van der Waals surface area contributed by atoms with E-state index >= 15 is 0 Å². The third kappa shape index (κ3) is 4.59. The second kappa shape index (κ2) is 8.90. The largest absolute Gasteiger partial charge is 0.497 e. The van der Waals surface area contributed by atoms with Gasteiger partial charge in [0.2, 0.25) is 0 Å². The van der Waals surface area contributed by atoms with Crippen molar-refractivity contribution in [2.24, 2.45) is 0 Å². The second-order valence-electron chi connectivity index (χ2n) is 6.27. The quantitative estimate of drug-likeness (QED) is 0.675. The molecule has 1 heterocycles. The minimum atomic E-state index is -0.256. The van der Waals surface area contributed by atoms with Gasteiger partial charge in [0.15, 0.2) is 0 Å². The molecule has 2 aromatic carbocycles. The molecule has 1 amide bonds. The van der Waals surface area contributed by atoms with Crippen LogP contribution in [0.5, 0.6) is 11.5 Å². The molecule has 6 nitrogen and oxygen atoms in total. The summed E-state index contributed by atoms with van der Waals surface area (Å²) in [5, 5.41) is 2.84. The van der Waals surface area contributed by atoms with Gasteiger partial charge < -0.3 is 19.7 Å². The van der Waals surface area contributed by atoms with Gasteiger partial charge in [0.1, 0.15) is 17.3 Å². The van der Waals surface area contributed by atoms with E-state index in [1.807, 2.05) is 36.2 Å². The molecule has 0 unspecified atom stereocenters. The van der Waals surface area contributed by atoms with Crippen LogP contribution < -0.4 is 19.7 Å². The third-order valence-corrected chi connectivity index (χ3v) is 4.32. The molecule has 0 radical (unpaired) electrons. The van der Waals surface area contributed by atoms with Crippen LogP contribution in [-0.2, 0) is 6.54 Å². The zero-order valence-corrected chi connectivity index (χ0v) is 16.2. The van der Waals surface area contributed by atoms with E-state index in [1.54, 1.807) is 44.7 Å². The lowest BCUT2D eigenvalue weighted by Crippen LogP contribution is -2.18. The highest BCUT2D eigenvalue weighted by Crippen LogP contribution is 2.29. The fourth-order valence-electron chi connectivity index (χ4n) is 2.78. The number of nitrogens with one attached hydrogen (secondary N) is 1. The van der Waals surface area contributed by atoms with Crippen LogP contribution in [0.25, 0.3) is 0 Å². The van der Waals surface area contributed by atoms with Gasteiger partial charge in [-0.3, -0.25) is 4.79 Å². The lowest BCUT2D eigenvalue weighted by Gasteiger charge is -2.18. The first kappa shape index (κ1) is 19.2. The molecule has 0 atom stereocenters. The molecule has 0 aliphatic carbocycles. The molecule has 0 aliphatic heterocycles. The zero-order chi connectivity index (χ0) is 19.9. The number of rotatable bonds is 7. The molecule has 0 saturated carbocycles. The molecule has 144 valence electrons. The fourth-order valence-corrected chi connectivity index (χ4v) is 2.78. The van der Waals surface area contributed by atoms with Crippen molar-refractivity contribution in [3.63, 3.8) is 0 Å². The Hall–Kier alpha value is -3.54. The average Bonchev–Trinajstić information content (AvgIpc) is 2.74. The van der Waals surface area contributed by atoms with E-state index in [1.165, 1.54) is 5.56 Å². The van der Waals surface area contributed by atoms with E-state index in [0.29, 0.717) is 22.7 Å². The number of hydrogen-bond acceptors (Lipinski definition) is 5. The molecule has 3 aromatic rings. The molecule has 1 N–H and O–H groups in total. The van der Waals surface area contributed by atoms with Gasteiger partial charge in [0, 0.05) is 25.9 Å². The SMILES string of the molecule is COc1ccc(NC(=O)c2ccc(N(C)Cc3ccccc3)nc2)c(OC)c1. The van der Waals surface area contributed by atoms with Crippen molar-refractivity contribution >= 4 is 17.4 Å². The molecular weight excluding hydrogens is 354 g/mol. The van der Waals surface area contributed by atoms with Crippen LogP contribution >= 0.6 is 0 Å². The molecule has 0 aliphatic rings. The van der Waals surface area contributed by atoms with Gasteiger partial charge in [-0.15, -0.1) is 0 Å². The van der Waals surface area contributed by atoms with Crippen molar-refractivity contribution in [3.05, 3.63) is 78.0 Å². The van der Waals surface area contributed by atoms with Gasteiger partial charge >= 0.3 is 0 Å². The van der Waals surface area contributed by atoms with E-state index in [9.17, 15) is 4.79 Å². The van der Waals surface area contributed by atoms with Gasteiger partial charge in [-0.25, -0.2) is 4.98 Å². The van der Waals surface area contributed by atoms with Crippen LogP contribution in [-0.4, -0.2) is 32.2 Å². The van der Waals surface area contributed by atoms with E-state index in [4.69, 9.17) is 9.47 Å². The maximum atomic E-state index is 12.6. The van der Waals surface area contributed by atoms with Crippen molar-refractivity contribution in [1.29, 1.82) is 0 Å². The monoisotopic (exact) mass is 377 g/mol. The Bertz CT molecular complexity index is 928. The molecule has 0 fully saturated rings. The first-order chi connectivity index (χ1) is 13.6. The van der Waals surface area contributed by atoms with Gasteiger partial charge in [0.25, 0.3) is 5.91 Å². The summed E-state index contributed by atoms with van der Waals surface area (Å²) < 4.78 is 10.5. The highest BCUT2D eigenvalue weighted by Gasteiger charge is 2.12. The Balaban J connectivity index is 1.68. The number of pyridine rings is 1. The number of carbonyl (C=O) groups excluding carboxylic acids is 1. The molecule has 0 spiro atoms. The first-order valence-electron chi connectivity index (χ1n) is 8.85. The normalized spacial score (nSPS) is 10.2. The number of benzene rings is 2. The van der Waals surface area contributed by atoms with Gasteiger partial charge in [-0.05, 0) is 29.8 Å². The Kier molecular flexibility index (Phi) is 6.11.